The summed E-state index contributed by atoms with van der Waals surface area (Å²) in [5.41, 5.74) is 2.31. The average Bonchev–Trinajstić information content (AvgIpc) is 3.12. The zero-order valence-electron chi connectivity index (χ0n) is 15.3. The van der Waals surface area contributed by atoms with E-state index in [1.165, 1.54) is 18.4 Å². The van der Waals surface area contributed by atoms with Crippen LogP contribution in [-0.4, -0.2) is 25.6 Å². The van der Waals surface area contributed by atoms with Crippen LogP contribution in [0.3, 0.4) is 0 Å². The third kappa shape index (κ3) is 4.26. The number of rotatable bonds is 6. The number of amides is 1. The van der Waals surface area contributed by atoms with E-state index in [1.54, 1.807) is 31.2 Å². The number of ether oxygens (including phenoxy) is 2. The summed E-state index contributed by atoms with van der Waals surface area (Å²) in [7, 11) is 1.51. The van der Waals surface area contributed by atoms with Gasteiger partial charge in [-0.15, -0.1) is 11.3 Å². The predicted octanol–water partition coefficient (Wildman–Crippen LogP) is 5.62. The highest BCUT2D eigenvalue weighted by Crippen LogP contribution is 2.37. The van der Waals surface area contributed by atoms with E-state index in [9.17, 15) is 9.59 Å². The molecule has 0 aliphatic carbocycles. The molecule has 1 heterocycles. The molecule has 0 aliphatic rings. The highest BCUT2D eigenvalue weighted by molar-refractivity contribution is 9.10. The molecule has 0 spiro atoms. The second-order valence-electron chi connectivity index (χ2n) is 5.74. The van der Waals surface area contributed by atoms with Crippen molar-refractivity contribution in [3.05, 3.63) is 69.5 Å². The van der Waals surface area contributed by atoms with Gasteiger partial charge in [-0.25, -0.2) is 4.79 Å². The molecule has 1 N–H and O–H groups in total. The molecule has 0 radical (unpaired) electrons. The minimum atomic E-state index is -0.475. The first kappa shape index (κ1) is 20.1. The Morgan fingerprint density at radius 2 is 1.82 bits per heavy atom. The van der Waals surface area contributed by atoms with Gasteiger partial charge in [0, 0.05) is 15.4 Å². The summed E-state index contributed by atoms with van der Waals surface area (Å²) in [6.45, 7) is 1.99. The van der Waals surface area contributed by atoms with Crippen molar-refractivity contribution in [2.24, 2.45) is 0 Å². The lowest BCUT2D eigenvalue weighted by Crippen LogP contribution is -2.15. The zero-order valence-corrected chi connectivity index (χ0v) is 17.7. The van der Waals surface area contributed by atoms with Gasteiger partial charge >= 0.3 is 5.97 Å². The number of hydrogen-bond acceptors (Lipinski definition) is 5. The van der Waals surface area contributed by atoms with Crippen LogP contribution in [0.2, 0.25) is 0 Å². The summed E-state index contributed by atoms with van der Waals surface area (Å²) in [5.74, 6) is -0.369. The first-order valence-corrected chi connectivity index (χ1v) is 10.2. The number of nitrogens with one attached hydrogen (secondary N) is 1. The van der Waals surface area contributed by atoms with Crippen LogP contribution in [0, 0.1) is 0 Å². The van der Waals surface area contributed by atoms with Gasteiger partial charge in [0.25, 0.3) is 5.91 Å². The van der Waals surface area contributed by atoms with Gasteiger partial charge in [0.05, 0.1) is 19.3 Å². The van der Waals surface area contributed by atoms with E-state index in [1.807, 2.05) is 29.6 Å². The molecule has 144 valence electrons. The van der Waals surface area contributed by atoms with Gasteiger partial charge < -0.3 is 14.8 Å². The number of esters is 1. The van der Waals surface area contributed by atoms with Gasteiger partial charge in [0.2, 0.25) is 0 Å². The van der Waals surface area contributed by atoms with Crippen LogP contribution in [0.5, 0.6) is 5.75 Å². The lowest BCUT2D eigenvalue weighted by molar-refractivity contribution is 0.0529. The number of benzene rings is 2. The Balaban J connectivity index is 2.00. The Hall–Kier alpha value is -2.64. The van der Waals surface area contributed by atoms with E-state index in [-0.39, 0.29) is 12.5 Å². The fourth-order valence-electron chi connectivity index (χ4n) is 2.70. The minimum absolute atomic E-state index is 0.244. The Morgan fingerprint density at radius 1 is 1.11 bits per heavy atom. The fourth-order valence-corrected chi connectivity index (χ4v) is 3.92. The standard InChI is InChI=1S/C21H18BrNO4S/c1-3-27-21(25)18-16(13-8-10-14(22)11-9-13)12-28-20(18)23-19(24)15-6-4-5-7-17(15)26-2/h4-12H,3H2,1-2H3,(H,23,24). The largest absolute Gasteiger partial charge is 0.496 e. The highest BCUT2D eigenvalue weighted by Gasteiger charge is 2.24. The lowest BCUT2D eigenvalue weighted by atomic mass is 10.0. The van der Waals surface area contributed by atoms with Crippen LogP contribution in [0.4, 0.5) is 5.00 Å². The van der Waals surface area contributed by atoms with E-state index in [0.717, 1.165) is 10.0 Å². The van der Waals surface area contributed by atoms with Crippen LogP contribution >= 0.6 is 27.3 Å². The van der Waals surface area contributed by atoms with Crippen molar-refractivity contribution in [1.82, 2.24) is 0 Å². The first-order chi connectivity index (χ1) is 13.5. The smallest absolute Gasteiger partial charge is 0.341 e. The number of carbonyl (C=O) groups excluding carboxylic acids is 2. The Kier molecular flexibility index (Phi) is 6.49. The molecular weight excluding hydrogens is 442 g/mol. The quantitative estimate of drug-likeness (QED) is 0.486. The first-order valence-electron chi connectivity index (χ1n) is 8.54. The van der Waals surface area contributed by atoms with Crippen molar-refractivity contribution in [2.45, 2.75) is 6.92 Å². The summed E-state index contributed by atoms with van der Waals surface area (Å²) in [5, 5.41) is 5.11. The van der Waals surface area contributed by atoms with E-state index < -0.39 is 5.97 Å². The minimum Gasteiger partial charge on any atom is -0.496 e. The van der Waals surface area contributed by atoms with Crippen LogP contribution < -0.4 is 10.1 Å². The third-order valence-electron chi connectivity index (χ3n) is 4.00. The molecule has 1 aromatic heterocycles. The molecular formula is C21H18BrNO4S. The van der Waals surface area contributed by atoms with E-state index in [0.29, 0.717) is 27.4 Å². The van der Waals surface area contributed by atoms with Gasteiger partial charge in [0.1, 0.15) is 16.3 Å². The van der Waals surface area contributed by atoms with E-state index in [4.69, 9.17) is 9.47 Å². The molecule has 1 amide bonds. The van der Waals surface area contributed by atoms with Crippen molar-refractivity contribution in [3.63, 3.8) is 0 Å². The number of halogens is 1. The van der Waals surface area contributed by atoms with Crippen molar-refractivity contribution in [2.75, 3.05) is 19.0 Å². The van der Waals surface area contributed by atoms with E-state index >= 15 is 0 Å². The molecule has 7 heteroatoms. The summed E-state index contributed by atoms with van der Waals surface area (Å²) in [6.07, 6.45) is 0. The molecule has 2 aromatic carbocycles. The van der Waals surface area contributed by atoms with Gasteiger partial charge in [-0.2, -0.15) is 0 Å². The average molecular weight is 460 g/mol. The predicted molar refractivity (Wildman–Crippen MR) is 114 cm³/mol. The molecule has 0 atom stereocenters. The number of methoxy groups -OCH3 is 1. The molecule has 0 unspecified atom stereocenters. The second kappa shape index (κ2) is 9.03. The Labute approximate surface area is 175 Å². The summed E-state index contributed by atoms with van der Waals surface area (Å²) >= 11 is 4.69. The molecule has 0 fully saturated rings. The Morgan fingerprint density at radius 3 is 2.50 bits per heavy atom. The van der Waals surface area contributed by atoms with Crippen LogP contribution in [0.15, 0.2) is 58.4 Å². The summed E-state index contributed by atoms with van der Waals surface area (Å²) in [4.78, 5) is 25.4. The molecule has 28 heavy (non-hydrogen) atoms. The molecule has 0 saturated heterocycles. The van der Waals surface area contributed by atoms with Crippen LogP contribution in [0.25, 0.3) is 11.1 Å². The third-order valence-corrected chi connectivity index (χ3v) is 5.43. The fraction of sp³-hybridized carbons (Fsp3) is 0.143. The monoisotopic (exact) mass is 459 g/mol. The number of hydrogen-bond donors (Lipinski definition) is 1. The van der Waals surface area contributed by atoms with E-state index in [2.05, 4.69) is 21.2 Å². The van der Waals surface area contributed by atoms with Crippen molar-refractivity contribution in [1.29, 1.82) is 0 Å². The lowest BCUT2D eigenvalue weighted by Gasteiger charge is -2.10. The SMILES string of the molecule is CCOC(=O)c1c(-c2ccc(Br)cc2)csc1NC(=O)c1ccccc1OC. The molecule has 3 rings (SSSR count). The maximum Gasteiger partial charge on any atom is 0.341 e. The molecule has 0 saturated carbocycles. The van der Waals surface area contributed by atoms with Crippen LogP contribution in [0.1, 0.15) is 27.6 Å². The van der Waals surface area contributed by atoms with Gasteiger partial charge in [0.15, 0.2) is 0 Å². The molecule has 0 bridgehead atoms. The highest BCUT2D eigenvalue weighted by atomic mass is 79.9. The van der Waals surface area contributed by atoms with Crippen LogP contribution in [-0.2, 0) is 4.74 Å². The van der Waals surface area contributed by atoms with Gasteiger partial charge in [-0.1, -0.05) is 40.2 Å². The summed E-state index contributed by atoms with van der Waals surface area (Å²) in [6, 6.07) is 14.5. The van der Waals surface area contributed by atoms with Gasteiger partial charge in [-0.3, -0.25) is 4.79 Å². The van der Waals surface area contributed by atoms with Gasteiger partial charge in [-0.05, 0) is 36.8 Å². The maximum atomic E-state index is 12.8. The number of thiophene rings is 1. The Bertz CT molecular complexity index is 998. The molecule has 5 nitrogen and oxygen atoms in total. The van der Waals surface area contributed by atoms with Crippen molar-refractivity contribution in [3.8, 4) is 16.9 Å². The summed E-state index contributed by atoms with van der Waals surface area (Å²) < 4.78 is 11.4. The maximum absolute atomic E-state index is 12.8. The number of anilines is 1. The van der Waals surface area contributed by atoms with Crippen molar-refractivity contribution >= 4 is 44.1 Å². The number of para-hydroxylation sites is 1. The van der Waals surface area contributed by atoms with Crippen molar-refractivity contribution < 1.29 is 19.1 Å². The topological polar surface area (TPSA) is 64.6 Å². The molecule has 0 aliphatic heterocycles. The zero-order chi connectivity index (χ0) is 20.1. The number of carbonyl (C=O) groups is 2. The molecule has 3 aromatic rings. The second-order valence-corrected chi connectivity index (χ2v) is 7.53. The normalized spacial score (nSPS) is 10.4.